The fourth-order valence-corrected chi connectivity index (χ4v) is 4.94. The molecule has 1 aliphatic carbocycles. The van der Waals surface area contributed by atoms with Gasteiger partial charge in [0.05, 0.1) is 18.9 Å². The molecule has 0 aliphatic heterocycles. The van der Waals surface area contributed by atoms with Crippen molar-refractivity contribution in [1.29, 1.82) is 0 Å². The summed E-state index contributed by atoms with van der Waals surface area (Å²) in [7, 11) is 0. The van der Waals surface area contributed by atoms with Crippen molar-refractivity contribution in [2.75, 3.05) is 13.2 Å². The standard InChI is InChI=1S/C29H28FNO2.C4H8O2/c1-3-20-15-22(11-12-27(20)30)26-17-25(16-23-10-9-19(2)28(23)26)32-14-13-24-18-33-29(31-24)21-7-5-4-6-8-21;1-3-6-4(2)5/h4-8,11-12,15-19H,3,9-10,13-14H2,1-2H3;3H2,1-2H3. The predicted molar refractivity (Wildman–Crippen MR) is 151 cm³/mol. The number of esters is 1. The smallest absolute Gasteiger partial charge is 0.302 e. The third-order valence-corrected chi connectivity index (χ3v) is 6.86. The van der Waals surface area contributed by atoms with E-state index in [4.69, 9.17) is 9.15 Å². The molecule has 0 N–H and O–H groups in total. The van der Waals surface area contributed by atoms with Gasteiger partial charge in [0.25, 0.3) is 0 Å². The maximum absolute atomic E-state index is 14.1. The fraction of sp³-hybridized carbons (Fsp3) is 0.333. The summed E-state index contributed by atoms with van der Waals surface area (Å²) >= 11 is 0. The van der Waals surface area contributed by atoms with Gasteiger partial charge < -0.3 is 13.9 Å². The van der Waals surface area contributed by atoms with Crippen molar-refractivity contribution in [2.24, 2.45) is 0 Å². The number of aromatic nitrogens is 1. The zero-order chi connectivity index (χ0) is 27.8. The van der Waals surface area contributed by atoms with E-state index in [-0.39, 0.29) is 11.8 Å². The zero-order valence-electron chi connectivity index (χ0n) is 23.1. The van der Waals surface area contributed by atoms with E-state index < -0.39 is 0 Å². The highest BCUT2D eigenvalue weighted by atomic mass is 19.1. The second-order valence-corrected chi connectivity index (χ2v) is 9.68. The van der Waals surface area contributed by atoms with E-state index in [2.05, 4.69) is 28.8 Å². The third-order valence-electron chi connectivity index (χ3n) is 6.86. The summed E-state index contributed by atoms with van der Waals surface area (Å²) in [4.78, 5) is 14.4. The number of carbonyl (C=O) groups excluding carboxylic acids is 1. The molecule has 1 unspecified atom stereocenters. The van der Waals surface area contributed by atoms with Gasteiger partial charge in [-0.25, -0.2) is 9.37 Å². The summed E-state index contributed by atoms with van der Waals surface area (Å²) in [5.74, 6) is 1.62. The summed E-state index contributed by atoms with van der Waals surface area (Å²) < 4.78 is 30.3. The lowest BCUT2D eigenvalue weighted by Crippen LogP contribution is -2.03. The number of oxazole rings is 1. The first-order chi connectivity index (χ1) is 18.9. The minimum absolute atomic E-state index is 0.138. The number of ether oxygens (including phenoxy) is 2. The Morgan fingerprint density at radius 3 is 2.56 bits per heavy atom. The Bertz CT molecular complexity index is 1400. The molecule has 4 aromatic rings. The van der Waals surface area contributed by atoms with Gasteiger partial charge in [0.15, 0.2) is 0 Å². The molecule has 0 saturated carbocycles. The highest BCUT2D eigenvalue weighted by molar-refractivity contribution is 5.73. The number of rotatable bonds is 8. The molecule has 0 spiro atoms. The molecule has 6 heteroatoms. The van der Waals surface area contributed by atoms with Gasteiger partial charge in [-0.3, -0.25) is 4.79 Å². The average molecular weight is 530 g/mol. The largest absolute Gasteiger partial charge is 0.493 e. The molecule has 3 aromatic carbocycles. The first-order valence-electron chi connectivity index (χ1n) is 13.6. The van der Waals surface area contributed by atoms with Crippen LogP contribution < -0.4 is 4.74 Å². The molecular formula is C33H36FNO4. The van der Waals surface area contributed by atoms with Gasteiger partial charge in [0.1, 0.15) is 17.8 Å². The molecule has 1 aliphatic rings. The van der Waals surface area contributed by atoms with Crippen LogP contribution in [0.15, 0.2) is 71.3 Å². The summed E-state index contributed by atoms with van der Waals surface area (Å²) in [6.07, 6.45) is 5.22. The second kappa shape index (κ2) is 13.2. The lowest BCUT2D eigenvalue weighted by molar-refractivity contribution is -0.140. The molecule has 5 nitrogen and oxygen atoms in total. The Morgan fingerprint density at radius 1 is 1.08 bits per heavy atom. The predicted octanol–water partition coefficient (Wildman–Crippen LogP) is 7.95. The van der Waals surface area contributed by atoms with Crippen molar-refractivity contribution in [3.05, 3.63) is 95.1 Å². The molecule has 1 heterocycles. The maximum atomic E-state index is 14.1. The minimum Gasteiger partial charge on any atom is -0.493 e. The molecule has 0 saturated heterocycles. The first-order valence-corrected chi connectivity index (χ1v) is 13.6. The summed E-state index contributed by atoms with van der Waals surface area (Å²) in [5.41, 5.74) is 7.52. The maximum Gasteiger partial charge on any atom is 0.302 e. The number of halogens is 1. The van der Waals surface area contributed by atoms with Crippen molar-refractivity contribution >= 4 is 5.97 Å². The number of benzene rings is 3. The van der Waals surface area contributed by atoms with Crippen LogP contribution in [0.1, 0.15) is 62.4 Å². The Balaban J connectivity index is 0.000000531. The van der Waals surface area contributed by atoms with Crippen molar-refractivity contribution in [2.45, 2.75) is 59.3 Å². The Morgan fingerprint density at radius 2 is 1.87 bits per heavy atom. The molecule has 0 bridgehead atoms. The van der Waals surface area contributed by atoms with Gasteiger partial charge >= 0.3 is 5.97 Å². The summed E-state index contributed by atoms with van der Waals surface area (Å²) in [6, 6.07) is 19.6. The van der Waals surface area contributed by atoms with Crippen LogP contribution in [0.4, 0.5) is 4.39 Å². The average Bonchev–Trinajstić information content (AvgIpc) is 3.56. The number of hydrogen-bond acceptors (Lipinski definition) is 5. The van der Waals surface area contributed by atoms with Crippen LogP contribution in [0.3, 0.4) is 0 Å². The topological polar surface area (TPSA) is 61.6 Å². The molecule has 0 radical (unpaired) electrons. The third kappa shape index (κ3) is 7.14. The zero-order valence-corrected chi connectivity index (χ0v) is 23.1. The van der Waals surface area contributed by atoms with Crippen molar-refractivity contribution < 1.29 is 23.1 Å². The van der Waals surface area contributed by atoms with Crippen molar-refractivity contribution in [3.63, 3.8) is 0 Å². The Labute approximate surface area is 230 Å². The van der Waals surface area contributed by atoms with Crippen LogP contribution >= 0.6 is 0 Å². The van der Waals surface area contributed by atoms with Crippen molar-refractivity contribution in [3.8, 4) is 28.3 Å². The van der Waals surface area contributed by atoms with Gasteiger partial charge in [-0.15, -0.1) is 0 Å². The molecule has 204 valence electrons. The van der Waals surface area contributed by atoms with Crippen LogP contribution in [0, 0.1) is 5.82 Å². The Hall–Kier alpha value is -3.93. The highest BCUT2D eigenvalue weighted by Crippen LogP contribution is 2.42. The number of carbonyl (C=O) groups is 1. The van der Waals surface area contributed by atoms with Crippen LogP contribution in [0.5, 0.6) is 5.75 Å². The lowest BCUT2D eigenvalue weighted by Gasteiger charge is -2.16. The van der Waals surface area contributed by atoms with Crippen LogP contribution in [0.2, 0.25) is 0 Å². The number of aryl methyl sites for hydroxylation is 2. The SMILES string of the molecule is CCOC(C)=O.CCc1cc(-c2cc(OCCc3coc(-c4ccccc4)n3)cc3c2C(C)CC3)ccc1F. The van der Waals surface area contributed by atoms with Gasteiger partial charge in [-0.2, -0.15) is 0 Å². The summed E-state index contributed by atoms with van der Waals surface area (Å²) in [6.45, 7) is 8.43. The van der Waals surface area contributed by atoms with Gasteiger partial charge in [0, 0.05) is 18.9 Å². The van der Waals surface area contributed by atoms with E-state index in [9.17, 15) is 9.18 Å². The second-order valence-electron chi connectivity index (χ2n) is 9.68. The molecule has 39 heavy (non-hydrogen) atoms. The molecule has 1 aromatic heterocycles. The van der Waals surface area contributed by atoms with Gasteiger partial charge in [-0.05, 0) is 96.3 Å². The molecule has 5 rings (SSSR count). The molecule has 0 fully saturated rings. The van der Waals surface area contributed by atoms with Crippen LogP contribution in [-0.2, 0) is 28.8 Å². The van der Waals surface area contributed by atoms with E-state index in [1.54, 1.807) is 19.3 Å². The van der Waals surface area contributed by atoms with E-state index in [1.807, 2.05) is 49.4 Å². The van der Waals surface area contributed by atoms with Crippen LogP contribution in [-0.4, -0.2) is 24.2 Å². The number of fused-ring (bicyclic) bond motifs is 1. The quantitative estimate of drug-likeness (QED) is 0.217. The monoisotopic (exact) mass is 529 g/mol. The minimum atomic E-state index is -0.211. The lowest BCUT2D eigenvalue weighted by atomic mass is 9.91. The summed E-state index contributed by atoms with van der Waals surface area (Å²) in [5, 5.41) is 0. The molecule has 1 atom stereocenters. The van der Waals surface area contributed by atoms with Crippen molar-refractivity contribution in [1.82, 2.24) is 4.98 Å². The number of hydrogen-bond donors (Lipinski definition) is 0. The fourth-order valence-electron chi connectivity index (χ4n) is 4.94. The molecular weight excluding hydrogens is 493 g/mol. The van der Waals surface area contributed by atoms with Gasteiger partial charge in [-0.1, -0.05) is 38.1 Å². The highest BCUT2D eigenvalue weighted by Gasteiger charge is 2.24. The Kier molecular flexibility index (Phi) is 9.53. The van der Waals surface area contributed by atoms with E-state index in [1.165, 1.54) is 18.1 Å². The van der Waals surface area contributed by atoms with E-state index in [0.717, 1.165) is 46.5 Å². The van der Waals surface area contributed by atoms with E-state index in [0.29, 0.717) is 37.9 Å². The van der Waals surface area contributed by atoms with E-state index >= 15 is 0 Å². The van der Waals surface area contributed by atoms with Gasteiger partial charge in [0.2, 0.25) is 5.89 Å². The first kappa shape index (κ1) is 28.1. The normalized spacial score (nSPS) is 13.8. The molecule has 0 amide bonds. The van der Waals surface area contributed by atoms with Crippen LogP contribution in [0.25, 0.3) is 22.6 Å². The number of nitrogens with zero attached hydrogens (tertiary/aromatic N) is 1.